The Morgan fingerprint density at radius 2 is 1.07 bits per heavy atom. The van der Waals surface area contributed by atoms with Crippen molar-refractivity contribution in [3.63, 3.8) is 0 Å². The number of hydrogen-bond acceptors (Lipinski definition) is 7. The number of esters is 1. The molecule has 0 radical (unpaired) electrons. The van der Waals surface area contributed by atoms with Crippen LogP contribution in [0.1, 0.15) is 22.3 Å². The summed E-state index contributed by atoms with van der Waals surface area (Å²) < 4.78 is 23.8. The van der Waals surface area contributed by atoms with Gasteiger partial charge in [0.05, 0.1) is 7.11 Å². The van der Waals surface area contributed by atoms with Gasteiger partial charge in [0.15, 0.2) is 7.14 Å². The summed E-state index contributed by atoms with van der Waals surface area (Å²) in [5, 5.41) is 13.2. The zero-order chi connectivity index (χ0) is 32.6. The van der Waals surface area contributed by atoms with Gasteiger partial charge >= 0.3 is 5.97 Å². The van der Waals surface area contributed by atoms with Crippen LogP contribution in [0.25, 0.3) is 5.76 Å². The summed E-state index contributed by atoms with van der Waals surface area (Å²) in [6.07, 6.45) is -0.718. The Kier molecular flexibility index (Phi) is 9.87. The third kappa shape index (κ3) is 6.66. The number of carbonyl (C=O) groups is 3. The Morgan fingerprint density at radius 1 is 0.674 bits per heavy atom. The second kappa shape index (κ2) is 14.2. The maximum Gasteiger partial charge on any atom is 0.312 e. The van der Waals surface area contributed by atoms with Crippen molar-refractivity contribution in [1.29, 1.82) is 0 Å². The molecule has 0 saturated heterocycles. The van der Waals surface area contributed by atoms with E-state index < -0.39 is 36.9 Å². The third-order valence-electron chi connectivity index (χ3n) is 7.35. The van der Waals surface area contributed by atoms with Crippen molar-refractivity contribution < 1.29 is 33.5 Å². The van der Waals surface area contributed by atoms with Crippen LogP contribution in [-0.4, -0.2) is 35.5 Å². The van der Waals surface area contributed by atoms with Crippen LogP contribution in [0.2, 0.25) is 0 Å². The fourth-order valence-electron chi connectivity index (χ4n) is 5.04. The predicted octanol–water partition coefficient (Wildman–Crippen LogP) is 5.46. The van der Waals surface area contributed by atoms with E-state index in [0.29, 0.717) is 5.56 Å². The minimum atomic E-state index is -2.78. The van der Waals surface area contributed by atoms with Crippen LogP contribution in [0.3, 0.4) is 0 Å². The van der Waals surface area contributed by atoms with Gasteiger partial charge in [-0.2, -0.15) is 0 Å². The zero-order valence-corrected chi connectivity index (χ0v) is 25.9. The molecule has 5 aromatic carbocycles. The summed E-state index contributed by atoms with van der Waals surface area (Å²) in [7, 11) is -1.64. The van der Waals surface area contributed by atoms with E-state index in [1.165, 1.54) is 0 Å². The molecule has 1 unspecified atom stereocenters. The SMILES string of the molecule is COC(=O)CC1(O)OC(c2ccccc2)=C(C(=O)c2ccccc2)C1=O.O=P(c1ccccc1)(c1ccccc1)c1ccccc1. The average molecular weight is 631 g/mol. The van der Waals surface area contributed by atoms with Crippen molar-refractivity contribution in [2.24, 2.45) is 0 Å². The van der Waals surface area contributed by atoms with E-state index >= 15 is 0 Å². The number of ether oxygens (including phenoxy) is 2. The molecule has 7 nitrogen and oxygen atoms in total. The number of methoxy groups -OCH3 is 1. The summed E-state index contributed by atoms with van der Waals surface area (Å²) in [4.78, 5) is 37.3. The lowest BCUT2D eigenvalue weighted by molar-refractivity contribution is -0.181. The monoisotopic (exact) mass is 630 g/mol. The van der Waals surface area contributed by atoms with Crippen molar-refractivity contribution in [1.82, 2.24) is 0 Å². The number of rotatable bonds is 8. The number of benzene rings is 5. The van der Waals surface area contributed by atoms with Crippen LogP contribution in [0.5, 0.6) is 0 Å². The van der Waals surface area contributed by atoms with Crippen LogP contribution in [-0.2, 0) is 23.6 Å². The molecule has 1 atom stereocenters. The largest absolute Gasteiger partial charge is 0.469 e. The molecule has 46 heavy (non-hydrogen) atoms. The molecule has 1 aliphatic heterocycles. The highest BCUT2D eigenvalue weighted by Crippen LogP contribution is 2.42. The van der Waals surface area contributed by atoms with Crippen molar-refractivity contribution in [3.8, 4) is 0 Å². The van der Waals surface area contributed by atoms with Crippen LogP contribution in [0, 0.1) is 0 Å². The first kappa shape index (κ1) is 32.0. The lowest BCUT2D eigenvalue weighted by Crippen LogP contribution is -2.40. The lowest BCUT2D eigenvalue weighted by atomic mass is 9.94. The summed E-state index contributed by atoms with van der Waals surface area (Å²) >= 11 is 0. The van der Waals surface area contributed by atoms with Crippen molar-refractivity contribution in [2.45, 2.75) is 12.2 Å². The molecule has 8 heteroatoms. The molecule has 6 rings (SSSR count). The summed E-state index contributed by atoms with van der Waals surface area (Å²) in [6.45, 7) is 0. The average Bonchev–Trinajstić information content (AvgIpc) is 3.38. The van der Waals surface area contributed by atoms with Gasteiger partial charge in [-0.15, -0.1) is 0 Å². The highest BCUT2D eigenvalue weighted by Gasteiger charge is 2.52. The minimum absolute atomic E-state index is 0.0594. The smallest absolute Gasteiger partial charge is 0.312 e. The summed E-state index contributed by atoms with van der Waals surface area (Å²) in [6, 6.07) is 45.8. The summed E-state index contributed by atoms with van der Waals surface area (Å²) in [5.41, 5.74) is 0.421. The number of carbonyl (C=O) groups excluding carboxylic acids is 3. The van der Waals surface area contributed by atoms with Crippen molar-refractivity contribution in [3.05, 3.63) is 168 Å². The zero-order valence-electron chi connectivity index (χ0n) is 25.0. The van der Waals surface area contributed by atoms with Gasteiger partial charge in [-0.25, -0.2) is 0 Å². The molecule has 0 spiro atoms. The van der Waals surface area contributed by atoms with E-state index in [9.17, 15) is 24.1 Å². The number of Topliss-reactive ketones (excluding diaryl/α,β-unsaturated/α-hetero) is 2. The molecule has 0 amide bonds. The number of aliphatic hydroxyl groups is 1. The normalized spacial score (nSPS) is 15.7. The summed E-state index contributed by atoms with van der Waals surface area (Å²) in [5.74, 6) is -4.92. The second-order valence-electron chi connectivity index (χ2n) is 10.3. The maximum atomic E-state index is 13.8. The number of hydrogen-bond donors (Lipinski definition) is 1. The first-order valence-electron chi connectivity index (χ1n) is 14.5. The Bertz CT molecular complexity index is 1790. The molecular weight excluding hydrogens is 599 g/mol. The molecular formula is C38H31O7P. The van der Waals surface area contributed by atoms with E-state index in [1.807, 2.05) is 91.0 Å². The molecule has 0 aromatic heterocycles. The van der Waals surface area contributed by atoms with Crippen LogP contribution >= 0.6 is 7.14 Å². The standard InChI is InChI=1S/C20H16O6.C18H15OP/c1-25-15(21)12-20(24)19(23)16(17(22)13-8-4-2-5-9-13)18(26-20)14-10-6-3-7-11-14;19-20(16-10-4-1-5-11-16,17-12-6-2-7-13-17)18-14-8-3-9-15-18/h2-11,24H,12H2,1H3;1-15H. The van der Waals surface area contributed by atoms with Crippen LogP contribution < -0.4 is 15.9 Å². The van der Waals surface area contributed by atoms with Crippen molar-refractivity contribution in [2.75, 3.05) is 7.11 Å². The van der Waals surface area contributed by atoms with Gasteiger partial charge in [0.1, 0.15) is 17.8 Å². The fourth-order valence-corrected chi connectivity index (χ4v) is 7.71. The lowest BCUT2D eigenvalue weighted by Gasteiger charge is -2.20. The van der Waals surface area contributed by atoms with E-state index in [1.54, 1.807) is 60.7 Å². The molecule has 1 heterocycles. The first-order valence-corrected chi connectivity index (χ1v) is 16.2. The van der Waals surface area contributed by atoms with Gasteiger partial charge in [0.2, 0.25) is 11.6 Å². The van der Waals surface area contributed by atoms with Gasteiger partial charge in [0, 0.05) is 27.0 Å². The molecule has 1 aliphatic rings. The molecule has 1 N–H and O–H groups in total. The number of ketones is 2. The minimum Gasteiger partial charge on any atom is -0.469 e. The Balaban J connectivity index is 0.000000187. The van der Waals surface area contributed by atoms with Gasteiger partial charge in [0.25, 0.3) is 5.79 Å². The molecule has 0 fully saturated rings. The van der Waals surface area contributed by atoms with E-state index in [2.05, 4.69) is 4.74 Å². The maximum absolute atomic E-state index is 13.8. The Morgan fingerprint density at radius 3 is 1.48 bits per heavy atom. The van der Waals surface area contributed by atoms with Crippen molar-refractivity contribution >= 4 is 46.4 Å². The highest BCUT2D eigenvalue weighted by molar-refractivity contribution is 7.85. The molecule has 0 bridgehead atoms. The molecule has 230 valence electrons. The van der Waals surface area contributed by atoms with Crippen LogP contribution in [0.15, 0.2) is 157 Å². The molecule has 5 aromatic rings. The molecule has 0 aliphatic carbocycles. The van der Waals surface area contributed by atoms with E-state index in [0.717, 1.165) is 23.0 Å². The van der Waals surface area contributed by atoms with Gasteiger partial charge in [-0.3, -0.25) is 14.4 Å². The Hall–Kier alpha value is -5.36. The quantitative estimate of drug-likeness (QED) is 0.105. The fraction of sp³-hybridized carbons (Fsp3) is 0.0789. The third-order valence-corrected chi connectivity index (χ3v) is 10.4. The highest BCUT2D eigenvalue weighted by atomic mass is 31.2. The van der Waals surface area contributed by atoms with Gasteiger partial charge in [-0.05, 0) is 0 Å². The predicted molar refractivity (Wildman–Crippen MR) is 178 cm³/mol. The van der Waals surface area contributed by atoms with Crippen LogP contribution in [0.4, 0.5) is 0 Å². The van der Waals surface area contributed by atoms with Gasteiger partial charge < -0.3 is 19.1 Å². The first-order chi connectivity index (χ1) is 22.3. The van der Waals surface area contributed by atoms with E-state index in [-0.39, 0.29) is 16.9 Å². The second-order valence-corrected chi connectivity index (χ2v) is 13.1. The topological polar surface area (TPSA) is 107 Å². The van der Waals surface area contributed by atoms with E-state index in [4.69, 9.17) is 4.74 Å². The molecule has 0 saturated carbocycles. The Labute approximate surface area is 267 Å². The van der Waals surface area contributed by atoms with Gasteiger partial charge in [-0.1, -0.05) is 152 Å².